The number of esters is 1. The number of carbonyl (C=O) groups is 2. The molecule has 0 aliphatic carbocycles. The second-order valence-electron chi connectivity index (χ2n) is 8.69. The first-order valence-electron chi connectivity index (χ1n) is 11.4. The first kappa shape index (κ1) is 25.2. The lowest BCUT2D eigenvalue weighted by Crippen LogP contribution is -2.49. The number of fused-ring (bicyclic) bond motifs is 1. The lowest BCUT2D eigenvalue weighted by atomic mass is 10.0. The fraction of sp³-hybridized carbons (Fsp3) is 0.583. The molecule has 1 aliphatic heterocycles. The highest BCUT2D eigenvalue weighted by Gasteiger charge is 2.38. The summed E-state index contributed by atoms with van der Waals surface area (Å²) in [5.41, 5.74) is 1.28. The Labute approximate surface area is 192 Å². The number of para-hydroxylation sites is 1. The Morgan fingerprint density at radius 1 is 1.24 bits per heavy atom. The Morgan fingerprint density at radius 2 is 1.97 bits per heavy atom. The van der Waals surface area contributed by atoms with Crippen LogP contribution >= 0.6 is 0 Å². The molecule has 0 amide bonds. The number of benzene rings is 1. The van der Waals surface area contributed by atoms with Gasteiger partial charge in [-0.25, -0.2) is 4.79 Å². The molecule has 182 valence electrons. The van der Waals surface area contributed by atoms with Crippen LogP contribution in [0.1, 0.15) is 62.7 Å². The van der Waals surface area contributed by atoms with Gasteiger partial charge < -0.3 is 34.5 Å². The van der Waals surface area contributed by atoms with E-state index >= 15 is 0 Å². The van der Waals surface area contributed by atoms with E-state index in [1.165, 1.54) is 0 Å². The molecule has 9 nitrogen and oxygen atoms in total. The van der Waals surface area contributed by atoms with Crippen LogP contribution in [0.5, 0.6) is 0 Å². The summed E-state index contributed by atoms with van der Waals surface area (Å²) in [5.74, 6) is -1.49. The normalized spacial score (nSPS) is 25.0. The molecule has 0 spiro atoms. The van der Waals surface area contributed by atoms with E-state index in [4.69, 9.17) is 19.3 Å². The zero-order valence-corrected chi connectivity index (χ0v) is 19.0. The van der Waals surface area contributed by atoms with Crippen molar-refractivity contribution < 1.29 is 39.1 Å². The smallest absolute Gasteiger partial charge is 0.340 e. The maximum absolute atomic E-state index is 12.7. The highest BCUT2D eigenvalue weighted by Crippen LogP contribution is 2.27. The molecule has 3 rings (SSSR count). The Kier molecular flexibility index (Phi) is 8.85. The average molecular weight is 464 g/mol. The number of unbranched alkanes of at least 4 members (excludes halogenated alkanes) is 1. The first-order chi connectivity index (χ1) is 15.7. The number of aromatic nitrogens is 1. The molecular formula is C24H33NO8. The Balaban J connectivity index is 1.43. The molecule has 6 atom stereocenters. The summed E-state index contributed by atoms with van der Waals surface area (Å²) in [7, 11) is 0. The van der Waals surface area contributed by atoms with E-state index < -0.39 is 42.6 Å². The Hall–Kier alpha value is -2.46. The largest absolute Gasteiger partial charge is 0.481 e. The van der Waals surface area contributed by atoms with E-state index in [1.807, 2.05) is 31.2 Å². The minimum Gasteiger partial charge on any atom is -0.481 e. The van der Waals surface area contributed by atoms with Crippen LogP contribution in [-0.4, -0.2) is 69.1 Å². The van der Waals surface area contributed by atoms with Gasteiger partial charge in [0.05, 0.1) is 30.3 Å². The van der Waals surface area contributed by atoms with Gasteiger partial charge in [0.1, 0.15) is 12.2 Å². The Morgan fingerprint density at radius 3 is 2.73 bits per heavy atom. The summed E-state index contributed by atoms with van der Waals surface area (Å²) in [6, 6.07) is 7.45. The molecular weight excluding hydrogens is 430 g/mol. The van der Waals surface area contributed by atoms with Crippen molar-refractivity contribution in [3.05, 3.63) is 36.0 Å². The molecule has 6 unspecified atom stereocenters. The molecule has 1 saturated heterocycles. The predicted octanol–water partition coefficient (Wildman–Crippen LogP) is 2.99. The van der Waals surface area contributed by atoms with Crippen LogP contribution in [0.3, 0.4) is 0 Å². The molecule has 33 heavy (non-hydrogen) atoms. The van der Waals surface area contributed by atoms with Crippen molar-refractivity contribution in [2.75, 3.05) is 0 Å². The number of ether oxygens (including phenoxy) is 3. The monoisotopic (exact) mass is 463 g/mol. The van der Waals surface area contributed by atoms with Gasteiger partial charge in [-0.1, -0.05) is 31.0 Å². The van der Waals surface area contributed by atoms with Gasteiger partial charge in [0.2, 0.25) is 0 Å². The molecule has 1 aliphatic rings. The molecule has 0 saturated carbocycles. The van der Waals surface area contributed by atoms with Gasteiger partial charge in [-0.2, -0.15) is 0 Å². The van der Waals surface area contributed by atoms with Gasteiger partial charge in [0.15, 0.2) is 6.29 Å². The maximum Gasteiger partial charge on any atom is 0.340 e. The van der Waals surface area contributed by atoms with Crippen LogP contribution in [0.25, 0.3) is 10.9 Å². The predicted molar refractivity (Wildman–Crippen MR) is 120 cm³/mol. The summed E-state index contributed by atoms with van der Waals surface area (Å²) in [5, 5.41) is 29.6. The number of aliphatic carboxylic acids is 1. The number of carbonyl (C=O) groups excluding carboxylic acids is 1. The lowest BCUT2D eigenvalue weighted by Gasteiger charge is -2.38. The van der Waals surface area contributed by atoms with E-state index in [9.17, 15) is 19.8 Å². The number of aliphatic hydroxyl groups is 2. The molecule has 1 aromatic heterocycles. The van der Waals surface area contributed by atoms with Gasteiger partial charge >= 0.3 is 11.9 Å². The summed E-state index contributed by atoms with van der Waals surface area (Å²) in [6.07, 6.45) is 0.237. The van der Waals surface area contributed by atoms with Gasteiger partial charge in [-0.05, 0) is 32.8 Å². The highest BCUT2D eigenvalue weighted by atomic mass is 16.7. The maximum atomic E-state index is 12.7. The van der Waals surface area contributed by atoms with Crippen LogP contribution in [0.4, 0.5) is 0 Å². The average Bonchev–Trinajstić information content (AvgIpc) is 3.18. The van der Waals surface area contributed by atoms with Crippen molar-refractivity contribution in [2.45, 2.75) is 89.2 Å². The summed E-state index contributed by atoms with van der Waals surface area (Å²) in [6.45, 7) is 3.65. The SMILES string of the molecule is CC(CCCCC(O)CC(=O)O)OC1OC(C)C(OC(=O)c2c[nH]c3ccccc23)CC1O. The van der Waals surface area contributed by atoms with Crippen LogP contribution in [0.2, 0.25) is 0 Å². The number of carboxylic acid groups (broad SMARTS) is 1. The van der Waals surface area contributed by atoms with Crippen LogP contribution in [0.15, 0.2) is 30.5 Å². The van der Waals surface area contributed by atoms with E-state index in [0.29, 0.717) is 24.8 Å². The van der Waals surface area contributed by atoms with Crippen molar-refractivity contribution >= 4 is 22.8 Å². The van der Waals surface area contributed by atoms with Crippen molar-refractivity contribution in [1.29, 1.82) is 0 Å². The van der Waals surface area contributed by atoms with Gasteiger partial charge in [-0.15, -0.1) is 0 Å². The van der Waals surface area contributed by atoms with E-state index in [-0.39, 0.29) is 18.9 Å². The molecule has 2 heterocycles. The van der Waals surface area contributed by atoms with Crippen LogP contribution in [-0.2, 0) is 19.0 Å². The fourth-order valence-corrected chi connectivity index (χ4v) is 4.05. The third kappa shape index (κ3) is 7.01. The number of aromatic amines is 1. The number of nitrogens with one attached hydrogen (secondary N) is 1. The number of H-pyrrole nitrogens is 1. The fourth-order valence-electron chi connectivity index (χ4n) is 4.05. The van der Waals surface area contributed by atoms with Crippen LogP contribution in [0, 0.1) is 0 Å². The summed E-state index contributed by atoms with van der Waals surface area (Å²) in [4.78, 5) is 26.3. The van der Waals surface area contributed by atoms with Crippen molar-refractivity contribution in [2.24, 2.45) is 0 Å². The van der Waals surface area contributed by atoms with Gasteiger partial charge in [-0.3, -0.25) is 4.79 Å². The quantitative estimate of drug-likeness (QED) is 0.295. The number of hydrogen-bond acceptors (Lipinski definition) is 7. The topological polar surface area (TPSA) is 138 Å². The van der Waals surface area contributed by atoms with Crippen molar-refractivity contribution in [1.82, 2.24) is 4.98 Å². The molecule has 0 radical (unpaired) electrons. The van der Waals surface area contributed by atoms with E-state index in [0.717, 1.165) is 17.3 Å². The molecule has 4 N–H and O–H groups in total. The highest BCUT2D eigenvalue weighted by molar-refractivity contribution is 6.04. The third-order valence-electron chi connectivity index (χ3n) is 5.90. The number of carboxylic acids is 1. The third-order valence-corrected chi connectivity index (χ3v) is 5.90. The first-order valence-corrected chi connectivity index (χ1v) is 11.4. The minimum absolute atomic E-state index is 0.196. The summed E-state index contributed by atoms with van der Waals surface area (Å²) >= 11 is 0. The van der Waals surface area contributed by atoms with Gasteiger partial charge in [0, 0.05) is 23.5 Å². The molecule has 0 bridgehead atoms. The molecule has 1 fully saturated rings. The van der Waals surface area contributed by atoms with Crippen molar-refractivity contribution in [3.63, 3.8) is 0 Å². The molecule has 1 aromatic carbocycles. The standard InChI is InChI=1S/C24H33NO8/c1-14(7-3-4-8-16(26)11-22(28)29)31-24-20(27)12-21(15(2)32-24)33-23(30)18-13-25-19-10-6-5-9-17(18)19/h5-6,9-10,13-16,20-21,24-27H,3-4,7-8,11-12H2,1-2H3,(H,28,29). The number of aliphatic hydroxyl groups excluding tert-OH is 2. The molecule has 2 aromatic rings. The van der Waals surface area contributed by atoms with Crippen molar-refractivity contribution in [3.8, 4) is 0 Å². The number of rotatable bonds is 11. The van der Waals surface area contributed by atoms with Gasteiger partial charge in [0.25, 0.3) is 0 Å². The minimum atomic E-state index is -1.01. The Bertz CT molecular complexity index is 928. The number of hydrogen-bond donors (Lipinski definition) is 4. The zero-order chi connectivity index (χ0) is 24.0. The van der Waals surface area contributed by atoms with E-state index in [2.05, 4.69) is 4.98 Å². The second kappa shape index (κ2) is 11.6. The van der Waals surface area contributed by atoms with Crippen LogP contribution < -0.4 is 0 Å². The zero-order valence-electron chi connectivity index (χ0n) is 19.0. The second-order valence-corrected chi connectivity index (χ2v) is 8.69. The summed E-state index contributed by atoms with van der Waals surface area (Å²) < 4.78 is 17.3. The lowest BCUT2D eigenvalue weighted by molar-refractivity contribution is -0.273. The van der Waals surface area contributed by atoms with E-state index in [1.54, 1.807) is 13.1 Å². The molecule has 9 heteroatoms.